The maximum atomic E-state index is 12.8. The number of benzene rings is 2. The van der Waals surface area contributed by atoms with E-state index >= 15 is 0 Å². The van der Waals surface area contributed by atoms with Gasteiger partial charge in [0.15, 0.2) is 0 Å². The summed E-state index contributed by atoms with van der Waals surface area (Å²) in [5.74, 6) is 0.958. The van der Waals surface area contributed by atoms with Gasteiger partial charge in [-0.1, -0.05) is 18.2 Å². The molecule has 1 aliphatic rings. The minimum absolute atomic E-state index is 0.171. The molecule has 1 atom stereocenters. The Morgan fingerprint density at radius 2 is 1.96 bits per heavy atom. The van der Waals surface area contributed by atoms with Crippen molar-refractivity contribution in [3.05, 3.63) is 59.7 Å². The topological polar surface area (TPSA) is 70.4 Å². The molecule has 0 aliphatic carbocycles. The van der Waals surface area contributed by atoms with Crippen LogP contribution in [-0.2, 0) is 10.0 Å². The lowest BCUT2D eigenvalue weighted by atomic mass is 9.99. The summed E-state index contributed by atoms with van der Waals surface area (Å²) < 4.78 is 32.2. The van der Waals surface area contributed by atoms with Gasteiger partial charge in [-0.25, -0.2) is 8.42 Å². The molecule has 0 saturated carbocycles. The van der Waals surface area contributed by atoms with Gasteiger partial charge in [-0.3, -0.25) is 0 Å². The Hall–Kier alpha value is -2.36. The molecule has 3 rings (SSSR count). The third kappa shape index (κ3) is 3.14. The first kappa shape index (κ1) is 16.5. The van der Waals surface area contributed by atoms with E-state index in [9.17, 15) is 8.42 Å². The third-order valence-electron chi connectivity index (χ3n) is 4.34. The largest absolute Gasteiger partial charge is 0.497 e. The van der Waals surface area contributed by atoms with Gasteiger partial charge in [-0.2, -0.15) is 9.57 Å². The van der Waals surface area contributed by atoms with Crippen molar-refractivity contribution >= 4 is 10.0 Å². The van der Waals surface area contributed by atoms with Crippen LogP contribution in [0.4, 0.5) is 0 Å². The summed E-state index contributed by atoms with van der Waals surface area (Å²) >= 11 is 0. The van der Waals surface area contributed by atoms with Crippen LogP contribution in [0.3, 0.4) is 0 Å². The van der Waals surface area contributed by atoms with Crippen molar-refractivity contribution in [2.75, 3.05) is 20.2 Å². The summed E-state index contributed by atoms with van der Waals surface area (Å²) in [6.07, 6.45) is 0.781. The van der Waals surface area contributed by atoms with Crippen LogP contribution >= 0.6 is 0 Å². The molecule has 0 N–H and O–H groups in total. The van der Waals surface area contributed by atoms with Gasteiger partial charge < -0.3 is 4.74 Å². The predicted molar refractivity (Wildman–Crippen MR) is 90.3 cm³/mol. The maximum Gasteiger partial charge on any atom is 0.243 e. The van der Waals surface area contributed by atoms with Gasteiger partial charge in [0.2, 0.25) is 10.0 Å². The molecule has 0 unspecified atom stereocenters. The van der Waals surface area contributed by atoms with Crippen LogP contribution in [0.25, 0.3) is 0 Å². The molecule has 2 aromatic rings. The highest BCUT2D eigenvalue weighted by molar-refractivity contribution is 7.89. The van der Waals surface area contributed by atoms with Crippen LogP contribution in [0.2, 0.25) is 0 Å². The molecular weight excluding hydrogens is 324 g/mol. The van der Waals surface area contributed by atoms with E-state index < -0.39 is 10.0 Å². The Kier molecular flexibility index (Phi) is 4.56. The lowest BCUT2D eigenvalue weighted by molar-refractivity contribution is 0.414. The molecule has 1 heterocycles. The second kappa shape index (κ2) is 6.63. The number of methoxy groups -OCH3 is 1. The molecule has 0 spiro atoms. The maximum absolute atomic E-state index is 12.8. The van der Waals surface area contributed by atoms with Gasteiger partial charge in [-0.05, 0) is 48.2 Å². The van der Waals surface area contributed by atoms with Gasteiger partial charge in [0.05, 0.1) is 23.6 Å². The highest BCUT2D eigenvalue weighted by atomic mass is 32.2. The molecule has 1 aliphatic heterocycles. The van der Waals surface area contributed by atoms with E-state index in [1.807, 2.05) is 30.3 Å². The summed E-state index contributed by atoms with van der Waals surface area (Å²) in [6.45, 7) is 0.932. The number of rotatable bonds is 4. The molecule has 1 fully saturated rings. The molecule has 0 amide bonds. The second-order valence-corrected chi connectivity index (χ2v) is 7.70. The van der Waals surface area contributed by atoms with Crippen molar-refractivity contribution in [2.45, 2.75) is 17.2 Å². The van der Waals surface area contributed by atoms with Crippen LogP contribution in [-0.4, -0.2) is 32.9 Å². The van der Waals surface area contributed by atoms with E-state index in [0.717, 1.165) is 17.7 Å². The second-order valence-electron chi connectivity index (χ2n) is 5.76. The minimum Gasteiger partial charge on any atom is -0.497 e. The van der Waals surface area contributed by atoms with Crippen molar-refractivity contribution < 1.29 is 13.2 Å². The normalized spacial score (nSPS) is 18.2. The molecule has 5 nitrogen and oxygen atoms in total. The monoisotopic (exact) mass is 342 g/mol. The zero-order chi connectivity index (χ0) is 17.2. The third-order valence-corrected chi connectivity index (χ3v) is 6.20. The fourth-order valence-electron chi connectivity index (χ4n) is 2.97. The van der Waals surface area contributed by atoms with E-state index in [1.165, 1.54) is 16.4 Å². The number of sulfonamides is 1. The molecular formula is C18H18N2O3S. The average molecular weight is 342 g/mol. The summed E-state index contributed by atoms with van der Waals surface area (Å²) in [5, 5.41) is 8.96. The quantitative estimate of drug-likeness (QED) is 0.856. The number of hydrogen-bond acceptors (Lipinski definition) is 4. The Morgan fingerprint density at radius 3 is 2.62 bits per heavy atom. The van der Waals surface area contributed by atoms with Crippen molar-refractivity contribution in [3.63, 3.8) is 0 Å². The summed E-state index contributed by atoms with van der Waals surface area (Å²) in [4.78, 5) is 0.178. The molecule has 2 aromatic carbocycles. The van der Waals surface area contributed by atoms with E-state index in [0.29, 0.717) is 18.7 Å². The standard InChI is InChI=1S/C18H18N2O3S/c1-23-17-7-5-15(6-8-17)16-9-10-20(13-16)24(21,22)18-4-2-3-14(11-18)12-19/h2-8,11,16H,9-10,13H2,1H3/t16-/m0/s1. The highest BCUT2D eigenvalue weighted by Gasteiger charge is 2.33. The highest BCUT2D eigenvalue weighted by Crippen LogP contribution is 2.32. The van der Waals surface area contributed by atoms with Gasteiger partial charge in [0, 0.05) is 13.1 Å². The smallest absolute Gasteiger partial charge is 0.243 e. The predicted octanol–water partition coefficient (Wildman–Crippen LogP) is 2.75. The van der Waals surface area contributed by atoms with Crippen molar-refractivity contribution in [3.8, 4) is 11.8 Å². The van der Waals surface area contributed by atoms with Crippen LogP contribution < -0.4 is 4.74 Å². The van der Waals surface area contributed by atoms with Gasteiger partial charge >= 0.3 is 0 Å². The van der Waals surface area contributed by atoms with E-state index in [-0.39, 0.29) is 10.8 Å². The van der Waals surface area contributed by atoms with Crippen LogP contribution in [0.15, 0.2) is 53.4 Å². The summed E-state index contributed by atoms with van der Waals surface area (Å²) in [6, 6.07) is 15.9. The zero-order valence-corrected chi connectivity index (χ0v) is 14.2. The number of hydrogen-bond donors (Lipinski definition) is 0. The SMILES string of the molecule is COc1ccc([C@H]2CCN(S(=O)(=O)c3cccc(C#N)c3)C2)cc1. The summed E-state index contributed by atoms with van der Waals surface area (Å²) in [7, 11) is -1.95. The van der Waals surface area contributed by atoms with Crippen LogP contribution in [0, 0.1) is 11.3 Å². The van der Waals surface area contributed by atoms with Crippen molar-refractivity contribution in [1.29, 1.82) is 5.26 Å². The number of nitriles is 1. The Morgan fingerprint density at radius 1 is 1.21 bits per heavy atom. The fraction of sp³-hybridized carbons (Fsp3) is 0.278. The van der Waals surface area contributed by atoms with Crippen LogP contribution in [0.1, 0.15) is 23.5 Å². The number of nitrogens with zero attached hydrogens (tertiary/aromatic N) is 2. The zero-order valence-electron chi connectivity index (χ0n) is 13.3. The van der Waals surface area contributed by atoms with Gasteiger partial charge in [-0.15, -0.1) is 0 Å². The molecule has 6 heteroatoms. The first-order chi connectivity index (χ1) is 11.5. The minimum atomic E-state index is -3.57. The first-order valence-electron chi connectivity index (χ1n) is 7.69. The van der Waals surface area contributed by atoms with E-state index in [2.05, 4.69) is 0 Å². The molecule has 0 radical (unpaired) electrons. The lowest BCUT2D eigenvalue weighted by Gasteiger charge is -2.17. The lowest BCUT2D eigenvalue weighted by Crippen LogP contribution is -2.28. The Labute approximate surface area is 142 Å². The van der Waals surface area contributed by atoms with Crippen molar-refractivity contribution in [2.24, 2.45) is 0 Å². The van der Waals surface area contributed by atoms with Crippen LogP contribution in [0.5, 0.6) is 5.75 Å². The summed E-state index contributed by atoms with van der Waals surface area (Å²) in [5.41, 5.74) is 1.46. The van der Waals surface area contributed by atoms with E-state index in [4.69, 9.17) is 10.00 Å². The van der Waals surface area contributed by atoms with Crippen molar-refractivity contribution in [1.82, 2.24) is 4.31 Å². The Bertz CT molecular complexity index is 870. The fourth-order valence-corrected chi connectivity index (χ4v) is 4.52. The molecule has 0 bridgehead atoms. The Balaban J connectivity index is 1.80. The molecule has 124 valence electrons. The van der Waals surface area contributed by atoms with E-state index in [1.54, 1.807) is 19.2 Å². The molecule has 1 saturated heterocycles. The molecule has 0 aromatic heterocycles. The first-order valence-corrected chi connectivity index (χ1v) is 9.13. The number of ether oxygens (including phenoxy) is 1. The van der Waals surface area contributed by atoms with Gasteiger partial charge in [0.1, 0.15) is 5.75 Å². The van der Waals surface area contributed by atoms with Gasteiger partial charge in [0.25, 0.3) is 0 Å². The molecule has 24 heavy (non-hydrogen) atoms. The average Bonchev–Trinajstić information content (AvgIpc) is 3.13.